The maximum atomic E-state index is 12.7. The van der Waals surface area contributed by atoms with Crippen LogP contribution in [0.25, 0.3) is 0 Å². The van der Waals surface area contributed by atoms with E-state index in [0.29, 0.717) is 23.9 Å². The number of rotatable bonds is 5. The Morgan fingerprint density at radius 2 is 1.54 bits per heavy atom. The van der Waals surface area contributed by atoms with Crippen LogP contribution in [0.1, 0.15) is 50.2 Å². The molecule has 0 N–H and O–H groups in total. The highest BCUT2D eigenvalue weighted by Gasteiger charge is 2.25. The van der Waals surface area contributed by atoms with Gasteiger partial charge >= 0.3 is 0 Å². The molecule has 0 saturated carbocycles. The van der Waals surface area contributed by atoms with Gasteiger partial charge in [-0.25, -0.2) is 8.42 Å². The molecule has 5 heteroatoms. The summed E-state index contributed by atoms with van der Waals surface area (Å²) in [4.78, 5) is 4.80. The molecule has 0 atom stereocenters. The van der Waals surface area contributed by atoms with E-state index in [1.807, 2.05) is 12.1 Å². The lowest BCUT2D eigenvalue weighted by molar-refractivity contribution is 0.346. The first-order valence-corrected chi connectivity index (χ1v) is 10.6. The zero-order chi connectivity index (χ0) is 18.6. The molecule has 0 aromatic heterocycles. The fraction of sp³-hybridized carbons (Fsp3) is 0.381. The molecular weight excluding hydrogens is 344 g/mol. The summed E-state index contributed by atoms with van der Waals surface area (Å²) in [5.74, 6) is 0.510. The molecule has 2 aromatic carbocycles. The van der Waals surface area contributed by atoms with E-state index in [4.69, 9.17) is 0 Å². The van der Waals surface area contributed by atoms with Crippen LogP contribution in [0.4, 0.5) is 5.69 Å². The highest BCUT2D eigenvalue weighted by Crippen LogP contribution is 2.23. The Labute approximate surface area is 156 Å². The minimum atomic E-state index is -3.38. The van der Waals surface area contributed by atoms with Crippen molar-refractivity contribution in [2.24, 2.45) is 4.99 Å². The van der Waals surface area contributed by atoms with Crippen molar-refractivity contribution in [2.75, 3.05) is 13.1 Å². The van der Waals surface area contributed by atoms with Crippen molar-refractivity contribution >= 4 is 21.9 Å². The average molecular weight is 371 g/mol. The van der Waals surface area contributed by atoms with E-state index >= 15 is 0 Å². The number of hydrogen-bond donors (Lipinski definition) is 0. The molecule has 138 valence electrons. The third-order valence-electron chi connectivity index (χ3n) is 4.76. The first-order chi connectivity index (χ1) is 12.5. The molecule has 0 unspecified atom stereocenters. The minimum absolute atomic E-state index is 0.347. The number of hydrogen-bond acceptors (Lipinski definition) is 3. The maximum absolute atomic E-state index is 12.7. The lowest BCUT2D eigenvalue weighted by atomic mass is 10.0. The van der Waals surface area contributed by atoms with Crippen molar-refractivity contribution in [3.8, 4) is 0 Å². The summed E-state index contributed by atoms with van der Waals surface area (Å²) in [7, 11) is -3.38. The Hall–Kier alpha value is -1.98. The second-order valence-electron chi connectivity index (χ2n) is 7.04. The van der Waals surface area contributed by atoms with Gasteiger partial charge in [0, 0.05) is 19.3 Å². The largest absolute Gasteiger partial charge is 0.256 e. The number of piperidine rings is 1. The van der Waals surface area contributed by atoms with Crippen molar-refractivity contribution in [2.45, 2.75) is 43.9 Å². The zero-order valence-corrected chi connectivity index (χ0v) is 16.2. The molecule has 1 aliphatic heterocycles. The third kappa shape index (κ3) is 4.40. The van der Waals surface area contributed by atoms with Crippen LogP contribution < -0.4 is 0 Å². The van der Waals surface area contributed by atoms with E-state index in [0.717, 1.165) is 30.5 Å². The highest BCUT2D eigenvalue weighted by atomic mass is 32.2. The van der Waals surface area contributed by atoms with Gasteiger partial charge in [-0.15, -0.1) is 0 Å². The summed E-state index contributed by atoms with van der Waals surface area (Å²) in [6.45, 7) is 5.58. The van der Waals surface area contributed by atoms with Gasteiger partial charge in [-0.1, -0.05) is 44.5 Å². The Balaban J connectivity index is 1.71. The molecule has 0 bridgehead atoms. The van der Waals surface area contributed by atoms with Crippen LogP contribution in [0, 0.1) is 0 Å². The van der Waals surface area contributed by atoms with Gasteiger partial charge in [0.25, 0.3) is 0 Å². The van der Waals surface area contributed by atoms with Crippen molar-refractivity contribution in [1.29, 1.82) is 0 Å². The van der Waals surface area contributed by atoms with E-state index in [1.165, 1.54) is 5.56 Å². The Morgan fingerprint density at radius 1 is 0.923 bits per heavy atom. The van der Waals surface area contributed by atoms with E-state index in [2.05, 4.69) is 31.0 Å². The fourth-order valence-corrected chi connectivity index (χ4v) is 4.59. The summed E-state index contributed by atoms with van der Waals surface area (Å²) in [5.41, 5.74) is 3.07. The maximum Gasteiger partial charge on any atom is 0.243 e. The van der Waals surface area contributed by atoms with Crippen LogP contribution in [0.5, 0.6) is 0 Å². The quantitative estimate of drug-likeness (QED) is 0.714. The number of nitrogens with zero attached hydrogens (tertiary/aromatic N) is 2. The van der Waals surface area contributed by atoms with Crippen LogP contribution >= 0.6 is 0 Å². The first-order valence-electron chi connectivity index (χ1n) is 9.21. The van der Waals surface area contributed by atoms with E-state index < -0.39 is 10.0 Å². The smallest absolute Gasteiger partial charge is 0.243 e. The molecular formula is C21H26N2O2S. The Kier molecular flexibility index (Phi) is 5.89. The van der Waals surface area contributed by atoms with Gasteiger partial charge in [0.15, 0.2) is 0 Å². The molecule has 4 nitrogen and oxygen atoms in total. The minimum Gasteiger partial charge on any atom is -0.256 e. The van der Waals surface area contributed by atoms with Gasteiger partial charge in [-0.3, -0.25) is 4.99 Å². The predicted octanol–water partition coefficient (Wildman–Crippen LogP) is 4.74. The molecule has 1 fully saturated rings. The lowest BCUT2D eigenvalue weighted by Gasteiger charge is -2.25. The van der Waals surface area contributed by atoms with Crippen molar-refractivity contribution in [1.82, 2.24) is 4.31 Å². The number of sulfonamides is 1. The monoisotopic (exact) mass is 370 g/mol. The second-order valence-corrected chi connectivity index (χ2v) is 8.98. The molecule has 3 rings (SSSR count). The van der Waals surface area contributed by atoms with Gasteiger partial charge in [-0.05, 0) is 54.2 Å². The molecule has 0 spiro atoms. The molecule has 1 aliphatic rings. The standard InChI is InChI=1S/C21H26N2O2S/c1-17(2)19-8-6-18(7-9-19)16-22-20-10-12-21(13-11-20)26(24,25)23-14-4-3-5-15-23/h6-13,16-17H,3-5,14-15H2,1-2H3. The van der Waals surface area contributed by atoms with Gasteiger partial charge in [0.05, 0.1) is 10.6 Å². The normalized spacial score (nSPS) is 16.4. The van der Waals surface area contributed by atoms with E-state index in [-0.39, 0.29) is 0 Å². The Bertz CT molecular complexity index is 848. The lowest BCUT2D eigenvalue weighted by Crippen LogP contribution is -2.35. The van der Waals surface area contributed by atoms with Crippen molar-refractivity contribution in [3.05, 3.63) is 59.7 Å². The fourth-order valence-electron chi connectivity index (χ4n) is 3.07. The van der Waals surface area contributed by atoms with Crippen molar-refractivity contribution in [3.63, 3.8) is 0 Å². The molecule has 26 heavy (non-hydrogen) atoms. The second kappa shape index (κ2) is 8.14. The predicted molar refractivity (Wildman–Crippen MR) is 107 cm³/mol. The summed E-state index contributed by atoms with van der Waals surface area (Å²) in [5, 5.41) is 0. The van der Waals surface area contributed by atoms with Crippen molar-refractivity contribution < 1.29 is 8.42 Å². The zero-order valence-electron chi connectivity index (χ0n) is 15.4. The summed E-state index contributed by atoms with van der Waals surface area (Å²) < 4.78 is 26.9. The average Bonchev–Trinajstić information content (AvgIpc) is 2.67. The molecule has 2 aromatic rings. The van der Waals surface area contributed by atoms with Crippen LogP contribution in [-0.2, 0) is 10.0 Å². The van der Waals surface area contributed by atoms with Gasteiger partial charge in [0.1, 0.15) is 0 Å². The van der Waals surface area contributed by atoms with Gasteiger partial charge < -0.3 is 0 Å². The summed E-state index contributed by atoms with van der Waals surface area (Å²) >= 11 is 0. The molecule has 0 amide bonds. The molecule has 0 radical (unpaired) electrons. The van der Waals surface area contributed by atoms with Crippen LogP contribution in [-0.4, -0.2) is 32.0 Å². The summed E-state index contributed by atoms with van der Waals surface area (Å²) in [6, 6.07) is 15.1. The third-order valence-corrected chi connectivity index (χ3v) is 6.67. The molecule has 1 saturated heterocycles. The van der Waals surface area contributed by atoms with E-state index in [9.17, 15) is 8.42 Å². The van der Waals surface area contributed by atoms with Crippen LogP contribution in [0.15, 0.2) is 58.4 Å². The topological polar surface area (TPSA) is 49.7 Å². The summed E-state index contributed by atoms with van der Waals surface area (Å²) in [6.07, 6.45) is 4.80. The van der Waals surface area contributed by atoms with Gasteiger partial charge in [0.2, 0.25) is 10.0 Å². The number of benzene rings is 2. The number of aliphatic imine (C=N–C) groups is 1. The molecule has 1 heterocycles. The highest BCUT2D eigenvalue weighted by molar-refractivity contribution is 7.89. The Morgan fingerprint density at radius 3 is 2.12 bits per heavy atom. The SMILES string of the molecule is CC(C)c1ccc(C=Nc2ccc(S(=O)(=O)N3CCCCC3)cc2)cc1. The van der Waals surface area contributed by atoms with Gasteiger partial charge in [-0.2, -0.15) is 4.31 Å². The van der Waals surface area contributed by atoms with Crippen LogP contribution in [0.2, 0.25) is 0 Å². The molecule has 0 aliphatic carbocycles. The van der Waals surface area contributed by atoms with Crippen LogP contribution in [0.3, 0.4) is 0 Å². The van der Waals surface area contributed by atoms with E-state index in [1.54, 1.807) is 34.8 Å². The first kappa shape index (κ1) is 18.8.